The molecule has 0 aromatic rings. The molecule has 0 saturated carbocycles. The van der Waals surface area contributed by atoms with Crippen molar-refractivity contribution in [2.75, 3.05) is 5.75 Å². The fraction of sp³-hybridized carbons (Fsp3) is 0.500. The molecule has 1 rings (SSSR count). The zero-order valence-corrected chi connectivity index (χ0v) is 6.48. The molecule has 0 unspecified atom stereocenters. The average Bonchev–Trinajstić information content (AvgIpc) is 2.62. The number of carbonyl (C=O) groups is 1. The lowest BCUT2D eigenvalue weighted by molar-refractivity contribution is -0.138. The van der Waals surface area contributed by atoms with Gasteiger partial charge in [-0.15, -0.1) is 0 Å². The van der Waals surface area contributed by atoms with E-state index >= 15 is 0 Å². The summed E-state index contributed by atoms with van der Waals surface area (Å²) in [6, 6.07) is 0. The fourth-order valence-electron chi connectivity index (χ4n) is 0.878. The number of allylic oxidation sites excluding steroid dienone is 1. The molecule has 1 atom stereocenters. The van der Waals surface area contributed by atoms with E-state index in [0.29, 0.717) is 5.75 Å². The molecule has 1 aliphatic rings. The zero-order valence-electron chi connectivity index (χ0n) is 5.59. The van der Waals surface area contributed by atoms with Crippen LogP contribution in [0.25, 0.3) is 0 Å². The number of rotatable bonds is 2. The molecule has 1 saturated heterocycles. The van der Waals surface area contributed by atoms with Crippen LogP contribution in [0.5, 0.6) is 0 Å². The molecule has 1 fully saturated rings. The van der Waals surface area contributed by atoms with E-state index in [1.165, 1.54) is 0 Å². The van der Waals surface area contributed by atoms with E-state index < -0.39 is 11.5 Å². The van der Waals surface area contributed by atoms with Gasteiger partial charge in [-0.05, 0) is 6.92 Å². The first kappa shape index (κ1) is 7.47. The summed E-state index contributed by atoms with van der Waals surface area (Å²) >= 11 is 3.93. The lowest BCUT2D eigenvalue weighted by atomic mass is 10.1. The lowest BCUT2D eigenvalue weighted by Gasteiger charge is -1.98. The van der Waals surface area contributed by atoms with Crippen molar-refractivity contribution < 1.29 is 9.90 Å². The molecule has 0 spiro atoms. The SMILES string of the molecule is CC=C1N[C@@]1(CS)C(=O)O. The van der Waals surface area contributed by atoms with Gasteiger partial charge in [-0.3, -0.25) is 0 Å². The molecule has 0 radical (unpaired) electrons. The summed E-state index contributed by atoms with van der Waals surface area (Å²) in [5, 5.41) is 11.4. The second kappa shape index (κ2) is 2.20. The number of hydrogen-bond donors (Lipinski definition) is 3. The third kappa shape index (κ3) is 0.794. The molecule has 0 bridgehead atoms. The third-order valence-corrected chi connectivity index (χ3v) is 2.11. The minimum atomic E-state index is -0.851. The molecule has 4 heteroatoms. The summed E-state index contributed by atoms with van der Waals surface area (Å²) in [6.07, 6.45) is 1.75. The molecule has 3 nitrogen and oxygen atoms in total. The Labute approximate surface area is 64.5 Å². The largest absolute Gasteiger partial charge is 0.479 e. The number of aliphatic carboxylic acids is 1. The summed E-state index contributed by atoms with van der Waals surface area (Å²) in [7, 11) is 0. The zero-order chi connectivity index (χ0) is 7.78. The highest BCUT2D eigenvalue weighted by Gasteiger charge is 2.54. The second-order valence-electron chi connectivity index (χ2n) is 2.20. The first-order valence-corrected chi connectivity index (χ1v) is 3.60. The van der Waals surface area contributed by atoms with Crippen LogP contribution >= 0.6 is 12.6 Å². The first-order valence-electron chi connectivity index (χ1n) is 2.96. The molecule has 1 aliphatic heterocycles. The molecule has 2 N–H and O–H groups in total. The maximum Gasteiger partial charge on any atom is 0.336 e. The normalized spacial score (nSPS) is 33.6. The highest BCUT2D eigenvalue weighted by atomic mass is 32.1. The summed E-state index contributed by atoms with van der Waals surface area (Å²) in [5.41, 5.74) is -0.0901. The molecular weight excluding hydrogens is 150 g/mol. The van der Waals surface area contributed by atoms with Gasteiger partial charge in [0.2, 0.25) is 0 Å². The Morgan fingerprint density at radius 1 is 2.00 bits per heavy atom. The van der Waals surface area contributed by atoms with Crippen LogP contribution < -0.4 is 5.32 Å². The van der Waals surface area contributed by atoms with Gasteiger partial charge in [0.05, 0.1) is 0 Å². The molecule has 0 amide bonds. The smallest absolute Gasteiger partial charge is 0.336 e. The van der Waals surface area contributed by atoms with E-state index in [0.717, 1.165) is 5.70 Å². The molecule has 1 heterocycles. The second-order valence-corrected chi connectivity index (χ2v) is 2.51. The van der Waals surface area contributed by atoms with E-state index in [4.69, 9.17) is 5.11 Å². The Kier molecular flexibility index (Phi) is 1.64. The maximum atomic E-state index is 10.5. The van der Waals surface area contributed by atoms with E-state index in [1.54, 1.807) is 13.0 Å². The Bertz CT molecular complexity index is 202. The summed E-state index contributed by atoms with van der Waals surface area (Å²) in [4.78, 5) is 10.5. The van der Waals surface area contributed by atoms with Crippen molar-refractivity contribution in [1.29, 1.82) is 0 Å². The van der Waals surface area contributed by atoms with Crippen LogP contribution in [-0.4, -0.2) is 22.4 Å². The van der Waals surface area contributed by atoms with Gasteiger partial charge in [-0.1, -0.05) is 6.08 Å². The number of carboxylic acid groups (broad SMARTS) is 1. The van der Waals surface area contributed by atoms with Crippen molar-refractivity contribution >= 4 is 18.6 Å². The summed E-state index contributed by atoms with van der Waals surface area (Å²) in [6.45, 7) is 1.80. The lowest BCUT2D eigenvalue weighted by Crippen LogP contribution is -2.28. The first-order chi connectivity index (χ1) is 4.67. The van der Waals surface area contributed by atoms with Crippen LogP contribution in [0.15, 0.2) is 11.8 Å². The molecule has 0 aromatic heterocycles. The topological polar surface area (TPSA) is 59.2 Å². The van der Waals surface area contributed by atoms with Crippen molar-refractivity contribution in [3.63, 3.8) is 0 Å². The van der Waals surface area contributed by atoms with Gasteiger partial charge in [-0.25, -0.2) is 4.79 Å². The molecule has 0 aromatic carbocycles. The Morgan fingerprint density at radius 2 is 2.60 bits per heavy atom. The van der Waals surface area contributed by atoms with E-state index in [2.05, 4.69) is 17.9 Å². The number of nitrogens with one attached hydrogen (secondary N) is 1. The van der Waals surface area contributed by atoms with Gasteiger partial charge in [-0.2, -0.15) is 12.6 Å². The van der Waals surface area contributed by atoms with E-state index in [-0.39, 0.29) is 0 Å². The van der Waals surface area contributed by atoms with E-state index in [1.807, 2.05) is 0 Å². The minimum absolute atomic E-state index is 0.308. The van der Waals surface area contributed by atoms with Crippen LogP contribution in [-0.2, 0) is 4.79 Å². The van der Waals surface area contributed by atoms with E-state index in [9.17, 15) is 4.79 Å². The average molecular weight is 159 g/mol. The summed E-state index contributed by atoms with van der Waals surface area (Å²) < 4.78 is 0. The minimum Gasteiger partial charge on any atom is -0.479 e. The van der Waals surface area contributed by atoms with Crippen LogP contribution in [0.1, 0.15) is 6.92 Å². The highest BCUT2D eigenvalue weighted by molar-refractivity contribution is 7.80. The molecule has 0 aliphatic carbocycles. The number of carboxylic acids is 1. The monoisotopic (exact) mass is 159 g/mol. The van der Waals surface area contributed by atoms with Gasteiger partial charge in [0.25, 0.3) is 0 Å². The van der Waals surface area contributed by atoms with Crippen LogP contribution in [0.4, 0.5) is 0 Å². The molecule has 56 valence electrons. The number of hydrogen-bond acceptors (Lipinski definition) is 3. The van der Waals surface area contributed by atoms with Crippen LogP contribution in [0.3, 0.4) is 0 Å². The predicted molar refractivity (Wildman–Crippen MR) is 41.1 cm³/mol. The highest BCUT2D eigenvalue weighted by Crippen LogP contribution is 2.31. The summed E-state index contributed by atoms with van der Waals surface area (Å²) in [5.74, 6) is -0.544. The fourth-order valence-corrected chi connectivity index (χ4v) is 1.26. The maximum absolute atomic E-state index is 10.5. The van der Waals surface area contributed by atoms with Crippen molar-refractivity contribution in [3.05, 3.63) is 11.8 Å². The predicted octanol–water partition coefficient (Wildman–Crippen LogP) is 0.247. The van der Waals surface area contributed by atoms with Crippen molar-refractivity contribution in [1.82, 2.24) is 5.32 Å². The third-order valence-electron chi connectivity index (χ3n) is 1.64. The Hall–Kier alpha value is -0.640. The van der Waals surface area contributed by atoms with Crippen molar-refractivity contribution in [3.8, 4) is 0 Å². The van der Waals surface area contributed by atoms with Crippen LogP contribution in [0, 0.1) is 0 Å². The quantitative estimate of drug-likeness (QED) is 0.400. The van der Waals surface area contributed by atoms with Gasteiger partial charge in [0.15, 0.2) is 5.54 Å². The molecule has 10 heavy (non-hydrogen) atoms. The Morgan fingerprint density at radius 3 is 2.70 bits per heavy atom. The number of thiol groups is 1. The van der Waals surface area contributed by atoms with Gasteiger partial charge in [0, 0.05) is 11.4 Å². The standard InChI is InChI=1S/C6H9NO2S/c1-2-4-6(3-10,7-4)5(8)9/h2,7,10H,3H2,1H3,(H,8,9)/t6-/m1/s1. The van der Waals surface area contributed by atoms with Crippen LogP contribution in [0.2, 0.25) is 0 Å². The Balaban J connectivity index is 2.78. The van der Waals surface area contributed by atoms with Crippen molar-refractivity contribution in [2.45, 2.75) is 12.5 Å². The molecular formula is C6H9NO2S. The van der Waals surface area contributed by atoms with Gasteiger partial charge in [0.1, 0.15) is 0 Å². The van der Waals surface area contributed by atoms with Gasteiger partial charge >= 0.3 is 5.97 Å². The van der Waals surface area contributed by atoms with Gasteiger partial charge < -0.3 is 10.4 Å². The van der Waals surface area contributed by atoms with Crippen molar-refractivity contribution in [2.24, 2.45) is 0 Å².